The van der Waals surface area contributed by atoms with Crippen molar-refractivity contribution in [3.63, 3.8) is 0 Å². The molecular weight excluding hydrogens is 316 g/mol. The van der Waals surface area contributed by atoms with Crippen molar-refractivity contribution in [2.45, 2.75) is 38.3 Å². The molecule has 0 radical (unpaired) electrons. The number of carbonyl (C=O) groups excluding carboxylic acids is 1. The third-order valence-electron chi connectivity index (χ3n) is 4.03. The van der Waals surface area contributed by atoms with Crippen LogP contribution in [0.2, 0.25) is 0 Å². The van der Waals surface area contributed by atoms with E-state index in [0.717, 1.165) is 5.56 Å². The Kier molecular flexibility index (Phi) is 5.60. The van der Waals surface area contributed by atoms with Crippen LogP contribution in [-0.2, 0) is 22.0 Å². The van der Waals surface area contributed by atoms with E-state index in [4.69, 9.17) is 4.74 Å². The molecule has 1 amide bonds. The largest absolute Gasteiger partial charge is 0.367 e. The van der Waals surface area contributed by atoms with Crippen molar-refractivity contribution in [2.75, 3.05) is 7.11 Å². The van der Waals surface area contributed by atoms with Gasteiger partial charge in [0.2, 0.25) is 0 Å². The van der Waals surface area contributed by atoms with Crippen molar-refractivity contribution in [1.82, 2.24) is 15.1 Å². The Morgan fingerprint density at radius 1 is 1.28 bits per heavy atom. The number of amides is 1. The van der Waals surface area contributed by atoms with Crippen LogP contribution in [0.1, 0.15) is 49.6 Å². The molecule has 0 spiro atoms. The lowest BCUT2D eigenvalue weighted by atomic mass is 9.86. The number of rotatable bonds is 5. The number of carbonyl (C=O) groups is 1. The minimum absolute atomic E-state index is 0.0331. The molecule has 0 fully saturated rings. The zero-order valence-electron chi connectivity index (χ0n) is 15.3. The number of benzene rings is 1. The van der Waals surface area contributed by atoms with E-state index in [9.17, 15) is 10.1 Å². The van der Waals surface area contributed by atoms with Gasteiger partial charge in [-0.1, -0.05) is 45.0 Å². The Morgan fingerprint density at radius 2 is 1.92 bits per heavy atom. The Balaban J connectivity index is 2.15. The van der Waals surface area contributed by atoms with E-state index in [1.165, 1.54) is 12.7 Å². The number of nitrogens with zero attached hydrogens (tertiary/aromatic N) is 3. The van der Waals surface area contributed by atoms with Gasteiger partial charge in [-0.25, -0.2) is 0 Å². The number of hydrogen-bond acceptors (Lipinski definition) is 4. The van der Waals surface area contributed by atoms with Crippen molar-refractivity contribution in [1.29, 1.82) is 5.26 Å². The van der Waals surface area contributed by atoms with E-state index < -0.39 is 12.1 Å². The van der Waals surface area contributed by atoms with Gasteiger partial charge in [0.1, 0.15) is 6.04 Å². The van der Waals surface area contributed by atoms with Gasteiger partial charge >= 0.3 is 0 Å². The molecule has 1 N–H and O–H groups in total. The topological polar surface area (TPSA) is 79.9 Å². The van der Waals surface area contributed by atoms with E-state index in [0.29, 0.717) is 5.56 Å². The average molecular weight is 340 g/mol. The molecule has 1 heterocycles. The molecule has 2 aromatic rings. The maximum absolute atomic E-state index is 12.5. The van der Waals surface area contributed by atoms with Crippen LogP contribution in [0.25, 0.3) is 0 Å². The third kappa shape index (κ3) is 4.46. The highest BCUT2D eigenvalue weighted by Gasteiger charge is 2.25. The van der Waals surface area contributed by atoms with Gasteiger partial charge < -0.3 is 10.1 Å². The normalized spacial score (nSPS) is 13.8. The van der Waals surface area contributed by atoms with Crippen molar-refractivity contribution in [2.24, 2.45) is 7.05 Å². The molecular formula is C19H24N4O2. The van der Waals surface area contributed by atoms with Crippen LogP contribution in [0.4, 0.5) is 0 Å². The quantitative estimate of drug-likeness (QED) is 0.907. The summed E-state index contributed by atoms with van der Waals surface area (Å²) in [5.74, 6) is -0.373. The molecule has 2 unspecified atom stereocenters. The van der Waals surface area contributed by atoms with Gasteiger partial charge in [0.05, 0.1) is 12.3 Å². The van der Waals surface area contributed by atoms with E-state index in [2.05, 4.69) is 37.3 Å². The fourth-order valence-corrected chi connectivity index (χ4v) is 2.55. The van der Waals surface area contributed by atoms with Gasteiger partial charge in [0, 0.05) is 25.9 Å². The molecule has 0 aliphatic heterocycles. The minimum atomic E-state index is -0.807. The smallest absolute Gasteiger partial charge is 0.255 e. The van der Waals surface area contributed by atoms with Crippen LogP contribution in [-0.4, -0.2) is 22.8 Å². The predicted octanol–water partition coefficient (Wildman–Crippen LogP) is 2.79. The first-order chi connectivity index (χ1) is 11.8. The van der Waals surface area contributed by atoms with E-state index in [1.807, 2.05) is 24.3 Å². The second-order valence-corrected chi connectivity index (χ2v) is 7.01. The first kappa shape index (κ1) is 18.7. The van der Waals surface area contributed by atoms with Crippen LogP contribution in [0.3, 0.4) is 0 Å². The molecule has 1 aromatic heterocycles. The highest BCUT2D eigenvalue weighted by atomic mass is 16.5. The Labute approximate surface area is 148 Å². The number of hydrogen-bond donors (Lipinski definition) is 1. The lowest BCUT2D eigenvalue weighted by molar-refractivity contribution is -0.131. The second-order valence-electron chi connectivity index (χ2n) is 7.01. The van der Waals surface area contributed by atoms with E-state index in [-0.39, 0.29) is 11.3 Å². The lowest BCUT2D eigenvalue weighted by Gasteiger charge is -2.21. The fourth-order valence-electron chi connectivity index (χ4n) is 2.55. The van der Waals surface area contributed by atoms with Crippen molar-refractivity contribution in [3.8, 4) is 6.07 Å². The number of nitriles is 1. The molecule has 1 aromatic carbocycles. The number of ether oxygens (including phenoxy) is 1. The molecule has 132 valence electrons. The maximum atomic E-state index is 12.5. The predicted molar refractivity (Wildman–Crippen MR) is 94.6 cm³/mol. The van der Waals surface area contributed by atoms with Crippen LogP contribution in [0, 0.1) is 11.3 Å². The third-order valence-corrected chi connectivity index (χ3v) is 4.03. The first-order valence-electron chi connectivity index (χ1n) is 8.08. The molecule has 2 atom stereocenters. The monoisotopic (exact) mass is 340 g/mol. The van der Waals surface area contributed by atoms with E-state index in [1.54, 1.807) is 24.1 Å². The number of methoxy groups -OCH3 is 1. The minimum Gasteiger partial charge on any atom is -0.367 e. The summed E-state index contributed by atoms with van der Waals surface area (Å²) < 4.78 is 6.88. The molecule has 0 saturated heterocycles. The summed E-state index contributed by atoms with van der Waals surface area (Å²) in [4.78, 5) is 12.5. The summed E-state index contributed by atoms with van der Waals surface area (Å²) in [7, 11) is 3.22. The van der Waals surface area contributed by atoms with Gasteiger partial charge in [0.25, 0.3) is 5.91 Å². The lowest BCUT2D eigenvalue weighted by Crippen LogP contribution is -2.33. The Bertz CT molecular complexity index is 766. The highest BCUT2D eigenvalue weighted by Crippen LogP contribution is 2.24. The first-order valence-corrected chi connectivity index (χ1v) is 8.08. The highest BCUT2D eigenvalue weighted by molar-refractivity contribution is 5.82. The zero-order chi connectivity index (χ0) is 18.6. The summed E-state index contributed by atoms with van der Waals surface area (Å²) in [6, 6.07) is 9.12. The van der Waals surface area contributed by atoms with Gasteiger partial charge in [0.15, 0.2) is 6.10 Å². The molecule has 25 heavy (non-hydrogen) atoms. The molecule has 6 heteroatoms. The molecule has 0 bridgehead atoms. The molecule has 6 nitrogen and oxygen atoms in total. The summed E-state index contributed by atoms with van der Waals surface area (Å²) in [6.07, 6.45) is 2.49. The zero-order valence-corrected chi connectivity index (χ0v) is 15.3. The Morgan fingerprint density at radius 3 is 2.36 bits per heavy atom. The van der Waals surface area contributed by atoms with Crippen LogP contribution >= 0.6 is 0 Å². The number of aromatic nitrogens is 2. The van der Waals surface area contributed by atoms with Crippen LogP contribution in [0.5, 0.6) is 0 Å². The Hall–Kier alpha value is -2.65. The maximum Gasteiger partial charge on any atom is 0.255 e. The van der Waals surface area contributed by atoms with E-state index >= 15 is 0 Å². The average Bonchev–Trinajstić information content (AvgIpc) is 2.98. The molecule has 0 aliphatic rings. The molecule has 2 rings (SSSR count). The molecule has 0 aliphatic carbocycles. The van der Waals surface area contributed by atoms with Gasteiger partial charge in [-0.2, -0.15) is 10.4 Å². The van der Waals surface area contributed by atoms with Crippen molar-refractivity contribution in [3.05, 3.63) is 53.3 Å². The van der Waals surface area contributed by atoms with Crippen molar-refractivity contribution >= 4 is 5.91 Å². The SMILES string of the molecule is COC(C(=O)NC(C#N)c1ccc(C(C)(C)C)cc1)c1cnn(C)c1. The standard InChI is InChI=1S/C19H24N4O2/c1-19(2,3)15-8-6-13(7-9-15)16(10-20)22-18(24)17(25-5)14-11-21-23(4)12-14/h6-9,11-12,16-17H,1-5H3,(H,22,24). The summed E-state index contributed by atoms with van der Waals surface area (Å²) >= 11 is 0. The number of aryl methyl sites for hydroxylation is 1. The summed E-state index contributed by atoms with van der Waals surface area (Å²) in [5.41, 5.74) is 2.59. The molecule has 0 saturated carbocycles. The fraction of sp³-hybridized carbons (Fsp3) is 0.421. The second kappa shape index (κ2) is 7.49. The summed E-state index contributed by atoms with van der Waals surface area (Å²) in [5, 5.41) is 16.3. The van der Waals surface area contributed by atoms with Crippen LogP contribution < -0.4 is 5.32 Å². The van der Waals surface area contributed by atoms with Gasteiger partial charge in [-0.15, -0.1) is 0 Å². The number of nitrogens with one attached hydrogen (secondary N) is 1. The van der Waals surface area contributed by atoms with Gasteiger partial charge in [-0.3, -0.25) is 9.48 Å². The van der Waals surface area contributed by atoms with Crippen molar-refractivity contribution < 1.29 is 9.53 Å². The summed E-state index contributed by atoms with van der Waals surface area (Å²) in [6.45, 7) is 6.38. The van der Waals surface area contributed by atoms with Gasteiger partial charge in [-0.05, 0) is 16.5 Å². The van der Waals surface area contributed by atoms with Crippen LogP contribution in [0.15, 0.2) is 36.7 Å².